The topological polar surface area (TPSA) is 58.2 Å². The number of carbonyl (C=O) groups excluding carboxylic acids is 2. The maximum atomic E-state index is 12.3. The molecule has 0 saturated carbocycles. The second-order valence-corrected chi connectivity index (χ2v) is 8.64. The van der Waals surface area contributed by atoms with Crippen LogP contribution >= 0.6 is 0 Å². The predicted octanol–water partition coefficient (Wildman–Crippen LogP) is 7.13. The summed E-state index contributed by atoms with van der Waals surface area (Å²) in [7, 11) is 0. The molecule has 0 saturated heterocycles. The van der Waals surface area contributed by atoms with E-state index in [9.17, 15) is 9.59 Å². The quantitative estimate of drug-likeness (QED) is 0.328. The van der Waals surface area contributed by atoms with Crippen molar-refractivity contribution >= 4 is 23.2 Å². The molecule has 2 rings (SSSR count). The third-order valence-electron chi connectivity index (χ3n) is 6.07. The number of unbranched alkanes of at least 4 members (excludes halogenated alkanes) is 5. The number of rotatable bonds is 13. The molecule has 0 bridgehead atoms. The van der Waals surface area contributed by atoms with Gasteiger partial charge in [-0.1, -0.05) is 75.9 Å². The Morgan fingerprint density at radius 2 is 1.00 bits per heavy atom. The highest BCUT2D eigenvalue weighted by Gasteiger charge is 2.09. The van der Waals surface area contributed by atoms with Crippen molar-refractivity contribution in [3.8, 4) is 0 Å². The smallest absolute Gasteiger partial charge is 0.224 e. The Labute approximate surface area is 194 Å². The molecule has 0 unspecified atom stereocenters. The molecule has 32 heavy (non-hydrogen) atoms. The van der Waals surface area contributed by atoms with Gasteiger partial charge < -0.3 is 10.6 Å². The molecule has 0 aliphatic heterocycles. The minimum Gasteiger partial charge on any atom is -0.326 e. The summed E-state index contributed by atoms with van der Waals surface area (Å²) in [5.41, 5.74) is 6.58. The summed E-state index contributed by atoms with van der Waals surface area (Å²) in [4.78, 5) is 24.6. The predicted molar refractivity (Wildman–Crippen MR) is 135 cm³/mol. The zero-order chi connectivity index (χ0) is 23.3. The molecule has 2 amide bonds. The Morgan fingerprint density at radius 1 is 0.625 bits per heavy atom. The van der Waals surface area contributed by atoms with Gasteiger partial charge in [-0.15, -0.1) is 0 Å². The molecule has 4 nitrogen and oxygen atoms in total. The Morgan fingerprint density at radius 3 is 1.38 bits per heavy atom. The summed E-state index contributed by atoms with van der Waals surface area (Å²) in [6.07, 6.45) is 9.11. The van der Waals surface area contributed by atoms with E-state index in [-0.39, 0.29) is 11.8 Å². The Kier molecular flexibility index (Phi) is 11.0. The maximum Gasteiger partial charge on any atom is 0.224 e. The minimum atomic E-state index is 0.105. The van der Waals surface area contributed by atoms with Gasteiger partial charge in [0, 0.05) is 24.2 Å². The minimum absolute atomic E-state index is 0.105. The van der Waals surface area contributed by atoms with Crippen molar-refractivity contribution in [2.45, 2.75) is 91.9 Å². The second kappa shape index (κ2) is 13.7. The number of nitrogens with one attached hydrogen (secondary N) is 2. The van der Waals surface area contributed by atoms with Crippen molar-refractivity contribution in [3.63, 3.8) is 0 Å². The highest BCUT2D eigenvalue weighted by atomic mass is 16.2. The number of benzene rings is 2. The van der Waals surface area contributed by atoms with E-state index < -0.39 is 0 Å². The molecule has 0 aromatic heterocycles. The molecule has 174 valence electrons. The van der Waals surface area contributed by atoms with Gasteiger partial charge in [-0.25, -0.2) is 0 Å². The van der Waals surface area contributed by atoms with Crippen molar-refractivity contribution in [2.75, 3.05) is 10.6 Å². The first kappa shape index (κ1) is 25.6. The Hall–Kier alpha value is -2.62. The molecular formula is C28H40N2O2. The summed E-state index contributed by atoms with van der Waals surface area (Å²) < 4.78 is 0. The van der Waals surface area contributed by atoms with Gasteiger partial charge >= 0.3 is 0 Å². The van der Waals surface area contributed by atoms with Gasteiger partial charge in [-0.05, 0) is 61.8 Å². The van der Waals surface area contributed by atoms with Gasteiger partial charge in [0.15, 0.2) is 0 Å². The van der Waals surface area contributed by atoms with E-state index in [1.165, 1.54) is 11.1 Å². The largest absolute Gasteiger partial charge is 0.326 e. The summed E-state index contributed by atoms with van der Waals surface area (Å²) in [5.74, 6) is 0.210. The summed E-state index contributed by atoms with van der Waals surface area (Å²) in [6, 6.07) is 12.3. The average Bonchev–Trinajstić information content (AvgIpc) is 2.78. The van der Waals surface area contributed by atoms with Crippen LogP contribution in [0.2, 0.25) is 0 Å². The SMILES string of the molecule is CCc1cccc(C)c1NC(=O)CCCCCCCCC(=O)Nc1c(C)cccc1CC. The molecule has 0 heterocycles. The monoisotopic (exact) mass is 436 g/mol. The lowest BCUT2D eigenvalue weighted by molar-refractivity contribution is -0.117. The first-order valence-electron chi connectivity index (χ1n) is 12.2. The zero-order valence-corrected chi connectivity index (χ0v) is 20.4. The van der Waals surface area contributed by atoms with Crippen molar-refractivity contribution in [3.05, 3.63) is 58.7 Å². The molecule has 4 heteroatoms. The molecule has 0 atom stereocenters. The highest BCUT2D eigenvalue weighted by molar-refractivity contribution is 5.93. The fourth-order valence-corrected chi connectivity index (χ4v) is 4.09. The van der Waals surface area contributed by atoms with E-state index in [2.05, 4.69) is 36.6 Å². The van der Waals surface area contributed by atoms with Gasteiger partial charge in [0.25, 0.3) is 0 Å². The van der Waals surface area contributed by atoms with Crippen LogP contribution in [0.25, 0.3) is 0 Å². The van der Waals surface area contributed by atoms with E-state index in [1.807, 2.05) is 38.1 Å². The summed E-state index contributed by atoms with van der Waals surface area (Å²) in [6.45, 7) is 8.30. The van der Waals surface area contributed by atoms with Crippen molar-refractivity contribution < 1.29 is 9.59 Å². The standard InChI is InChI=1S/C28H40N2O2/c1-5-23-17-13-15-21(3)27(23)29-25(31)19-11-9-7-8-10-12-20-26(32)30-28-22(4)16-14-18-24(28)6-2/h13-18H,5-12,19-20H2,1-4H3,(H,29,31)(H,30,32). The fourth-order valence-electron chi connectivity index (χ4n) is 4.09. The van der Waals surface area contributed by atoms with Crippen LogP contribution in [0.3, 0.4) is 0 Å². The number of anilines is 2. The number of para-hydroxylation sites is 2. The highest BCUT2D eigenvalue weighted by Crippen LogP contribution is 2.23. The lowest BCUT2D eigenvalue weighted by Crippen LogP contribution is -2.14. The van der Waals surface area contributed by atoms with Crippen LogP contribution in [-0.2, 0) is 22.4 Å². The van der Waals surface area contributed by atoms with Crippen LogP contribution in [0.5, 0.6) is 0 Å². The lowest BCUT2D eigenvalue weighted by atomic mass is 10.0. The van der Waals surface area contributed by atoms with E-state index in [0.29, 0.717) is 12.8 Å². The van der Waals surface area contributed by atoms with Crippen LogP contribution in [0.4, 0.5) is 11.4 Å². The molecule has 0 spiro atoms. The normalized spacial score (nSPS) is 10.8. The number of aryl methyl sites for hydroxylation is 4. The first-order chi connectivity index (χ1) is 15.5. The number of amides is 2. The van der Waals surface area contributed by atoms with Crippen LogP contribution in [0, 0.1) is 13.8 Å². The van der Waals surface area contributed by atoms with Crippen LogP contribution in [-0.4, -0.2) is 11.8 Å². The molecule has 2 aromatic rings. The van der Waals surface area contributed by atoms with Gasteiger partial charge in [0.05, 0.1) is 0 Å². The Balaban J connectivity index is 1.57. The third kappa shape index (κ3) is 8.14. The van der Waals surface area contributed by atoms with E-state index in [1.54, 1.807) is 0 Å². The number of carbonyl (C=O) groups is 2. The van der Waals surface area contributed by atoms with E-state index in [4.69, 9.17) is 0 Å². The summed E-state index contributed by atoms with van der Waals surface area (Å²) in [5, 5.41) is 6.20. The third-order valence-corrected chi connectivity index (χ3v) is 6.07. The van der Waals surface area contributed by atoms with Crippen LogP contribution < -0.4 is 10.6 Å². The molecule has 0 fully saturated rings. The molecule has 0 radical (unpaired) electrons. The zero-order valence-electron chi connectivity index (χ0n) is 20.4. The number of hydrogen-bond donors (Lipinski definition) is 2. The van der Waals surface area contributed by atoms with Gasteiger partial charge in [-0.3, -0.25) is 9.59 Å². The van der Waals surface area contributed by atoms with Crippen molar-refractivity contribution in [2.24, 2.45) is 0 Å². The van der Waals surface area contributed by atoms with E-state index >= 15 is 0 Å². The number of hydrogen-bond acceptors (Lipinski definition) is 2. The maximum absolute atomic E-state index is 12.3. The molecular weight excluding hydrogens is 396 g/mol. The fraction of sp³-hybridized carbons (Fsp3) is 0.500. The van der Waals surface area contributed by atoms with Crippen LogP contribution in [0.1, 0.15) is 87.5 Å². The molecule has 0 aliphatic rings. The summed E-state index contributed by atoms with van der Waals surface area (Å²) >= 11 is 0. The van der Waals surface area contributed by atoms with E-state index in [0.717, 1.165) is 73.9 Å². The van der Waals surface area contributed by atoms with Gasteiger partial charge in [0.1, 0.15) is 0 Å². The lowest BCUT2D eigenvalue weighted by Gasteiger charge is -2.13. The molecule has 2 aromatic carbocycles. The van der Waals surface area contributed by atoms with Crippen molar-refractivity contribution in [1.29, 1.82) is 0 Å². The van der Waals surface area contributed by atoms with Crippen LogP contribution in [0.15, 0.2) is 36.4 Å². The first-order valence-corrected chi connectivity index (χ1v) is 12.2. The molecule has 2 N–H and O–H groups in total. The average molecular weight is 437 g/mol. The van der Waals surface area contributed by atoms with Gasteiger partial charge in [-0.2, -0.15) is 0 Å². The molecule has 0 aliphatic carbocycles. The van der Waals surface area contributed by atoms with Crippen molar-refractivity contribution in [1.82, 2.24) is 0 Å². The second-order valence-electron chi connectivity index (χ2n) is 8.64. The van der Waals surface area contributed by atoms with Gasteiger partial charge in [0.2, 0.25) is 11.8 Å². The Bertz CT molecular complexity index is 815.